The Morgan fingerprint density at radius 3 is 2.76 bits per heavy atom. The number of carbonyl (C=O) groups excluding carboxylic acids is 1. The van der Waals surface area contributed by atoms with Crippen LogP contribution in [0.3, 0.4) is 0 Å². The molecule has 0 saturated carbocycles. The minimum atomic E-state index is -0.863. The lowest BCUT2D eigenvalue weighted by Gasteiger charge is -2.05. The third-order valence-corrected chi connectivity index (χ3v) is 2.27. The van der Waals surface area contributed by atoms with Crippen LogP contribution in [0.25, 0.3) is 0 Å². The van der Waals surface area contributed by atoms with Gasteiger partial charge in [0, 0.05) is 38.3 Å². The molecule has 0 aliphatic rings. The number of imidazole rings is 1. The number of carboxylic acids is 1. The highest BCUT2D eigenvalue weighted by molar-refractivity contribution is 5.76. The molecule has 0 radical (unpaired) electrons. The van der Waals surface area contributed by atoms with Crippen molar-refractivity contribution in [3.63, 3.8) is 0 Å². The van der Waals surface area contributed by atoms with Gasteiger partial charge in [0.25, 0.3) is 0 Å². The molecule has 0 unspecified atom stereocenters. The van der Waals surface area contributed by atoms with Gasteiger partial charge in [-0.3, -0.25) is 9.59 Å². The minimum absolute atomic E-state index is 0.0441. The molecular formula is C11H17N3O3. The van der Waals surface area contributed by atoms with Crippen molar-refractivity contribution in [2.45, 2.75) is 32.2 Å². The molecule has 94 valence electrons. The van der Waals surface area contributed by atoms with E-state index in [1.165, 1.54) is 0 Å². The summed E-state index contributed by atoms with van der Waals surface area (Å²) in [4.78, 5) is 25.4. The van der Waals surface area contributed by atoms with Gasteiger partial charge in [0.2, 0.25) is 5.91 Å². The van der Waals surface area contributed by atoms with Crippen molar-refractivity contribution in [1.82, 2.24) is 14.9 Å². The first-order valence-corrected chi connectivity index (χ1v) is 5.62. The smallest absolute Gasteiger partial charge is 0.303 e. The van der Waals surface area contributed by atoms with Crippen LogP contribution in [0, 0.1) is 0 Å². The van der Waals surface area contributed by atoms with Crippen LogP contribution in [0.5, 0.6) is 0 Å². The first-order valence-electron chi connectivity index (χ1n) is 5.62. The van der Waals surface area contributed by atoms with Gasteiger partial charge in [0.05, 0.1) is 6.33 Å². The van der Waals surface area contributed by atoms with E-state index in [1.54, 1.807) is 12.5 Å². The standard InChI is InChI=1S/C11H17N3O3/c15-10(3-1-4-11(16)17)13-5-2-7-14-8-6-12-9-14/h6,8-9H,1-5,7H2,(H,13,15)(H,16,17). The van der Waals surface area contributed by atoms with E-state index in [9.17, 15) is 9.59 Å². The van der Waals surface area contributed by atoms with Gasteiger partial charge in [-0.2, -0.15) is 0 Å². The Bertz CT molecular complexity index is 349. The van der Waals surface area contributed by atoms with Crippen LogP contribution in [0.15, 0.2) is 18.7 Å². The molecule has 6 heteroatoms. The van der Waals surface area contributed by atoms with Crippen LogP contribution in [-0.4, -0.2) is 33.1 Å². The van der Waals surface area contributed by atoms with Gasteiger partial charge >= 0.3 is 5.97 Å². The van der Waals surface area contributed by atoms with E-state index in [0.29, 0.717) is 13.0 Å². The lowest BCUT2D eigenvalue weighted by Crippen LogP contribution is -2.25. The molecule has 0 spiro atoms. The fourth-order valence-electron chi connectivity index (χ4n) is 1.40. The first-order chi connectivity index (χ1) is 8.18. The molecule has 0 aliphatic heterocycles. The zero-order chi connectivity index (χ0) is 12.5. The largest absolute Gasteiger partial charge is 0.481 e. The molecule has 2 N–H and O–H groups in total. The maximum Gasteiger partial charge on any atom is 0.303 e. The lowest BCUT2D eigenvalue weighted by atomic mass is 10.2. The lowest BCUT2D eigenvalue weighted by molar-refractivity contribution is -0.137. The highest BCUT2D eigenvalue weighted by Crippen LogP contribution is 1.95. The highest BCUT2D eigenvalue weighted by Gasteiger charge is 2.02. The molecule has 1 aromatic rings. The van der Waals surface area contributed by atoms with E-state index in [2.05, 4.69) is 10.3 Å². The van der Waals surface area contributed by atoms with Gasteiger partial charge in [-0.15, -0.1) is 0 Å². The fourth-order valence-corrected chi connectivity index (χ4v) is 1.40. The summed E-state index contributed by atoms with van der Waals surface area (Å²) in [6.07, 6.45) is 6.86. The number of rotatable bonds is 8. The maximum absolute atomic E-state index is 11.3. The minimum Gasteiger partial charge on any atom is -0.481 e. The van der Waals surface area contributed by atoms with Crippen molar-refractivity contribution in [3.05, 3.63) is 18.7 Å². The van der Waals surface area contributed by atoms with E-state index in [1.807, 2.05) is 10.8 Å². The van der Waals surface area contributed by atoms with Gasteiger partial charge in [-0.1, -0.05) is 0 Å². The third kappa shape index (κ3) is 6.34. The van der Waals surface area contributed by atoms with Crippen LogP contribution in [0.2, 0.25) is 0 Å². The van der Waals surface area contributed by atoms with E-state index in [4.69, 9.17) is 5.11 Å². The molecule has 0 aliphatic carbocycles. The molecule has 1 aromatic heterocycles. The van der Waals surface area contributed by atoms with Gasteiger partial charge in [0.1, 0.15) is 0 Å². The Morgan fingerprint density at radius 2 is 2.12 bits per heavy atom. The topological polar surface area (TPSA) is 84.2 Å². The number of hydrogen-bond acceptors (Lipinski definition) is 3. The molecule has 1 rings (SSSR count). The van der Waals surface area contributed by atoms with Gasteiger partial charge in [0.15, 0.2) is 0 Å². The van der Waals surface area contributed by atoms with Crippen LogP contribution < -0.4 is 5.32 Å². The Kier molecular flexibility index (Phi) is 5.77. The molecule has 0 saturated heterocycles. The Balaban J connectivity index is 1.98. The molecule has 0 aromatic carbocycles. The van der Waals surface area contributed by atoms with Crippen LogP contribution in [0.1, 0.15) is 25.7 Å². The zero-order valence-corrected chi connectivity index (χ0v) is 9.63. The summed E-state index contributed by atoms with van der Waals surface area (Å²) in [6, 6.07) is 0. The van der Waals surface area contributed by atoms with Gasteiger partial charge in [-0.05, 0) is 12.8 Å². The fraction of sp³-hybridized carbons (Fsp3) is 0.545. The van der Waals surface area contributed by atoms with Crippen LogP contribution >= 0.6 is 0 Å². The third-order valence-electron chi connectivity index (χ3n) is 2.27. The highest BCUT2D eigenvalue weighted by atomic mass is 16.4. The maximum atomic E-state index is 11.3. The number of carboxylic acid groups (broad SMARTS) is 1. The van der Waals surface area contributed by atoms with Crippen molar-refractivity contribution >= 4 is 11.9 Å². The zero-order valence-electron chi connectivity index (χ0n) is 9.63. The predicted octanol–water partition coefficient (Wildman–Crippen LogP) is 0.644. The molecule has 0 bridgehead atoms. The number of aryl methyl sites for hydroxylation is 1. The Labute approximate surface area is 99.7 Å². The molecule has 1 amide bonds. The number of nitrogens with one attached hydrogen (secondary N) is 1. The quantitative estimate of drug-likeness (QED) is 0.652. The summed E-state index contributed by atoms with van der Waals surface area (Å²) in [5.41, 5.74) is 0. The summed E-state index contributed by atoms with van der Waals surface area (Å²) in [5.74, 6) is -0.949. The summed E-state index contributed by atoms with van der Waals surface area (Å²) in [7, 11) is 0. The van der Waals surface area contributed by atoms with Crippen molar-refractivity contribution in [1.29, 1.82) is 0 Å². The van der Waals surface area contributed by atoms with Crippen molar-refractivity contribution in [3.8, 4) is 0 Å². The summed E-state index contributed by atoms with van der Waals surface area (Å²) >= 11 is 0. The normalized spacial score (nSPS) is 10.1. The van der Waals surface area contributed by atoms with Gasteiger partial charge < -0.3 is 15.0 Å². The van der Waals surface area contributed by atoms with Crippen molar-refractivity contribution in [2.24, 2.45) is 0 Å². The Hall–Kier alpha value is -1.85. The summed E-state index contributed by atoms with van der Waals surface area (Å²) < 4.78 is 1.94. The van der Waals surface area contributed by atoms with Crippen LogP contribution in [-0.2, 0) is 16.1 Å². The number of aromatic nitrogens is 2. The second kappa shape index (κ2) is 7.43. The van der Waals surface area contributed by atoms with E-state index in [0.717, 1.165) is 13.0 Å². The van der Waals surface area contributed by atoms with Gasteiger partial charge in [-0.25, -0.2) is 4.98 Å². The molecule has 6 nitrogen and oxygen atoms in total. The molecule has 17 heavy (non-hydrogen) atoms. The molecule has 0 atom stereocenters. The number of carbonyl (C=O) groups is 2. The number of nitrogens with zero attached hydrogens (tertiary/aromatic N) is 2. The number of hydrogen-bond donors (Lipinski definition) is 2. The Morgan fingerprint density at radius 1 is 1.29 bits per heavy atom. The average Bonchev–Trinajstić information content (AvgIpc) is 2.76. The monoisotopic (exact) mass is 239 g/mol. The van der Waals surface area contributed by atoms with Crippen LogP contribution in [0.4, 0.5) is 0 Å². The molecular weight excluding hydrogens is 222 g/mol. The predicted molar refractivity (Wildman–Crippen MR) is 61.3 cm³/mol. The van der Waals surface area contributed by atoms with E-state index < -0.39 is 5.97 Å². The van der Waals surface area contributed by atoms with E-state index >= 15 is 0 Å². The second-order valence-electron chi connectivity index (χ2n) is 3.75. The van der Waals surface area contributed by atoms with Crippen molar-refractivity contribution < 1.29 is 14.7 Å². The SMILES string of the molecule is O=C(O)CCCC(=O)NCCCn1ccnc1. The summed E-state index contributed by atoms with van der Waals surface area (Å²) in [6.45, 7) is 1.42. The average molecular weight is 239 g/mol. The second-order valence-corrected chi connectivity index (χ2v) is 3.75. The van der Waals surface area contributed by atoms with Crippen molar-refractivity contribution in [2.75, 3.05) is 6.54 Å². The van der Waals surface area contributed by atoms with E-state index in [-0.39, 0.29) is 18.7 Å². The molecule has 1 heterocycles. The molecule has 0 fully saturated rings. The number of aliphatic carboxylic acids is 1. The number of amides is 1. The first kappa shape index (κ1) is 13.2. The summed E-state index contributed by atoms with van der Waals surface area (Å²) in [5, 5.41) is 11.2.